The van der Waals surface area contributed by atoms with E-state index in [1.807, 2.05) is 30.3 Å². The minimum Gasteiger partial charge on any atom is -0.461 e. The molecule has 1 N–H and O–H groups in total. The van der Waals surface area contributed by atoms with E-state index < -0.39 is 11.7 Å². The molecule has 0 aromatic heterocycles. The molecule has 0 aliphatic rings. The maximum atomic E-state index is 12.0. The number of alkyl halides is 1. The first-order chi connectivity index (χ1) is 11.4. The number of nitrogens with one attached hydrogen (secondary N) is 1. The van der Waals surface area contributed by atoms with Crippen molar-refractivity contribution in [3.63, 3.8) is 0 Å². The molecule has 2 unspecified atom stereocenters. The zero-order valence-electron chi connectivity index (χ0n) is 14.5. The third kappa shape index (κ3) is 9.40. The molecular formula is C18H26ClNO4. The molecular weight excluding hydrogens is 330 g/mol. The SMILES string of the molecule is CC(C)CC(CNC(=O)OC(C)Cl)CC(=O)OCc1ccccc1. The number of alkyl carbamates (subject to hydrolysis) is 1. The monoisotopic (exact) mass is 355 g/mol. The third-order valence-electron chi connectivity index (χ3n) is 3.31. The van der Waals surface area contributed by atoms with Gasteiger partial charge in [0.1, 0.15) is 6.61 Å². The zero-order valence-corrected chi connectivity index (χ0v) is 15.2. The van der Waals surface area contributed by atoms with Crippen LogP contribution < -0.4 is 5.32 Å². The minimum absolute atomic E-state index is 0.00791. The maximum Gasteiger partial charge on any atom is 0.408 e. The summed E-state index contributed by atoms with van der Waals surface area (Å²) in [5, 5.41) is 2.65. The Morgan fingerprint density at radius 1 is 1.17 bits per heavy atom. The van der Waals surface area contributed by atoms with Gasteiger partial charge in [0, 0.05) is 6.54 Å². The van der Waals surface area contributed by atoms with Crippen molar-refractivity contribution in [3.8, 4) is 0 Å². The summed E-state index contributed by atoms with van der Waals surface area (Å²) in [7, 11) is 0. The van der Waals surface area contributed by atoms with Gasteiger partial charge in [-0.25, -0.2) is 4.79 Å². The summed E-state index contributed by atoms with van der Waals surface area (Å²) in [6.45, 7) is 6.31. The van der Waals surface area contributed by atoms with Crippen molar-refractivity contribution >= 4 is 23.7 Å². The van der Waals surface area contributed by atoms with Crippen molar-refractivity contribution < 1.29 is 19.1 Å². The van der Waals surface area contributed by atoms with Gasteiger partial charge in [-0.3, -0.25) is 4.79 Å². The van der Waals surface area contributed by atoms with E-state index in [-0.39, 0.29) is 24.9 Å². The van der Waals surface area contributed by atoms with Crippen molar-refractivity contribution in [1.29, 1.82) is 0 Å². The van der Waals surface area contributed by atoms with E-state index in [0.717, 1.165) is 12.0 Å². The van der Waals surface area contributed by atoms with E-state index in [2.05, 4.69) is 19.2 Å². The Bertz CT molecular complexity index is 505. The molecule has 0 fully saturated rings. The van der Waals surface area contributed by atoms with Gasteiger partial charge in [-0.05, 0) is 30.7 Å². The van der Waals surface area contributed by atoms with Gasteiger partial charge < -0.3 is 14.8 Å². The van der Waals surface area contributed by atoms with E-state index in [9.17, 15) is 9.59 Å². The molecule has 1 amide bonds. The van der Waals surface area contributed by atoms with Crippen LogP contribution in [-0.2, 0) is 20.9 Å². The predicted octanol–water partition coefficient (Wildman–Crippen LogP) is 4.09. The fraction of sp³-hybridized carbons (Fsp3) is 0.556. The van der Waals surface area contributed by atoms with Gasteiger partial charge in [-0.1, -0.05) is 55.8 Å². The van der Waals surface area contributed by atoms with Crippen LogP contribution in [0.3, 0.4) is 0 Å². The van der Waals surface area contributed by atoms with Gasteiger partial charge in [0.25, 0.3) is 0 Å². The van der Waals surface area contributed by atoms with Gasteiger partial charge in [0.15, 0.2) is 5.56 Å². The van der Waals surface area contributed by atoms with E-state index in [1.54, 1.807) is 6.92 Å². The van der Waals surface area contributed by atoms with Crippen LogP contribution in [0.2, 0.25) is 0 Å². The van der Waals surface area contributed by atoms with Crippen molar-refractivity contribution in [2.45, 2.75) is 45.8 Å². The highest BCUT2D eigenvalue weighted by molar-refractivity contribution is 6.19. The van der Waals surface area contributed by atoms with Crippen LogP contribution in [0.4, 0.5) is 4.79 Å². The van der Waals surface area contributed by atoms with Gasteiger partial charge in [0.2, 0.25) is 0 Å². The van der Waals surface area contributed by atoms with Crippen LogP contribution in [-0.4, -0.2) is 24.2 Å². The fourth-order valence-electron chi connectivity index (χ4n) is 2.36. The predicted molar refractivity (Wildman–Crippen MR) is 93.6 cm³/mol. The van der Waals surface area contributed by atoms with Crippen LogP contribution in [0, 0.1) is 11.8 Å². The molecule has 0 spiro atoms. The maximum absolute atomic E-state index is 12.0. The Balaban J connectivity index is 2.43. The fourth-order valence-corrected chi connectivity index (χ4v) is 2.44. The van der Waals surface area contributed by atoms with Crippen LogP contribution in [0.5, 0.6) is 0 Å². The third-order valence-corrected chi connectivity index (χ3v) is 3.40. The molecule has 0 aliphatic heterocycles. The lowest BCUT2D eigenvalue weighted by Gasteiger charge is -2.19. The molecule has 0 saturated carbocycles. The highest BCUT2D eigenvalue weighted by Crippen LogP contribution is 2.16. The number of rotatable bonds is 9. The van der Waals surface area contributed by atoms with Crippen molar-refractivity contribution in [2.75, 3.05) is 6.54 Å². The van der Waals surface area contributed by atoms with E-state index in [4.69, 9.17) is 21.1 Å². The van der Waals surface area contributed by atoms with Crippen LogP contribution in [0.15, 0.2) is 30.3 Å². The van der Waals surface area contributed by atoms with Crippen LogP contribution >= 0.6 is 11.6 Å². The van der Waals surface area contributed by atoms with E-state index in [1.165, 1.54) is 0 Å². The van der Waals surface area contributed by atoms with Crippen LogP contribution in [0.1, 0.15) is 39.2 Å². The topological polar surface area (TPSA) is 64.6 Å². The standard InChI is InChI=1S/C18H26ClNO4/c1-13(2)9-16(11-20-18(22)24-14(3)19)10-17(21)23-12-15-7-5-4-6-8-15/h4-8,13-14,16H,9-12H2,1-3H3,(H,20,22). The Morgan fingerprint density at radius 3 is 2.42 bits per heavy atom. The molecule has 0 bridgehead atoms. The summed E-state index contributed by atoms with van der Waals surface area (Å²) in [4.78, 5) is 23.5. The highest BCUT2D eigenvalue weighted by Gasteiger charge is 2.18. The first-order valence-corrected chi connectivity index (χ1v) is 8.58. The summed E-state index contributed by atoms with van der Waals surface area (Å²) < 4.78 is 10.1. The number of carbonyl (C=O) groups is 2. The first kappa shape index (κ1) is 20.3. The van der Waals surface area contributed by atoms with Gasteiger partial charge >= 0.3 is 12.1 Å². The summed E-state index contributed by atoms with van der Waals surface area (Å²) in [6.07, 6.45) is 0.475. The molecule has 6 heteroatoms. The van der Waals surface area contributed by atoms with Crippen LogP contribution in [0.25, 0.3) is 0 Å². The zero-order chi connectivity index (χ0) is 17.9. The van der Waals surface area contributed by atoms with Crippen molar-refractivity contribution in [1.82, 2.24) is 5.32 Å². The lowest BCUT2D eigenvalue weighted by molar-refractivity contribution is -0.146. The molecule has 134 valence electrons. The number of esters is 1. The van der Waals surface area contributed by atoms with Gasteiger partial charge in [-0.15, -0.1) is 0 Å². The summed E-state index contributed by atoms with van der Waals surface area (Å²) in [6, 6.07) is 9.53. The second kappa shape index (κ2) is 10.9. The molecule has 5 nitrogen and oxygen atoms in total. The van der Waals surface area contributed by atoms with E-state index in [0.29, 0.717) is 12.5 Å². The normalized spacial score (nSPS) is 13.2. The molecule has 0 heterocycles. The lowest BCUT2D eigenvalue weighted by Crippen LogP contribution is -2.32. The number of hydrogen-bond acceptors (Lipinski definition) is 4. The Labute approximate surface area is 148 Å². The van der Waals surface area contributed by atoms with Gasteiger partial charge in [0.05, 0.1) is 6.42 Å². The molecule has 0 saturated heterocycles. The number of halogens is 1. The van der Waals surface area contributed by atoms with Gasteiger partial charge in [-0.2, -0.15) is 0 Å². The quantitative estimate of drug-likeness (QED) is 0.535. The molecule has 2 atom stereocenters. The number of benzene rings is 1. The molecule has 1 aromatic rings. The Kier molecular flexibility index (Phi) is 9.23. The smallest absolute Gasteiger partial charge is 0.408 e. The highest BCUT2D eigenvalue weighted by atomic mass is 35.5. The molecule has 1 rings (SSSR count). The molecule has 1 aromatic carbocycles. The second-order valence-electron chi connectivity index (χ2n) is 6.18. The Morgan fingerprint density at radius 2 is 1.83 bits per heavy atom. The lowest BCUT2D eigenvalue weighted by atomic mass is 9.94. The number of ether oxygens (including phenoxy) is 2. The average Bonchev–Trinajstić information content (AvgIpc) is 2.50. The van der Waals surface area contributed by atoms with Crippen molar-refractivity contribution in [3.05, 3.63) is 35.9 Å². The van der Waals surface area contributed by atoms with E-state index >= 15 is 0 Å². The second-order valence-corrected chi connectivity index (χ2v) is 6.79. The molecule has 0 radical (unpaired) electrons. The Hall–Kier alpha value is -1.75. The number of hydrogen-bond donors (Lipinski definition) is 1. The number of amides is 1. The number of carbonyl (C=O) groups excluding carboxylic acids is 2. The summed E-state index contributed by atoms with van der Waals surface area (Å²) in [5.74, 6) is 0.124. The minimum atomic E-state index is -0.690. The first-order valence-electron chi connectivity index (χ1n) is 8.15. The van der Waals surface area contributed by atoms with Crippen molar-refractivity contribution in [2.24, 2.45) is 11.8 Å². The summed E-state index contributed by atoms with van der Waals surface area (Å²) >= 11 is 5.60. The molecule has 0 aliphatic carbocycles. The molecule has 24 heavy (non-hydrogen) atoms. The average molecular weight is 356 g/mol. The summed E-state index contributed by atoms with van der Waals surface area (Å²) in [5.41, 5.74) is 0.258. The largest absolute Gasteiger partial charge is 0.461 e.